The molecule has 0 aliphatic heterocycles. The summed E-state index contributed by atoms with van der Waals surface area (Å²) >= 11 is 5.90. The Kier molecular flexibility index (Phi) is 4.50. The number of aliphatic carboxylic acids is 1. The number of benzene rings is 1. The van der Waals surface area contributed by atoms with Gasteiger partial charge in [-0.2, -0.15) is 0 Å². The second-order valence-corrected chi connectivity index (χ2v) is 4.04. The van der Waals surface area contributed by atoms with Gasteiger partial charge in [-0.05, 0) is 25.0 Å². The fourth-order valence-corrected chi connectivity index (χ4v) is 1.49. The Hall–Kier alpha value is -1.35. The van der Waals surface area contributed by atoms with E-state index in [2.05, 4.69) is 0 Å². The highest BCUT2D eigenvalue weighted by molar-refractivity contribution is 6.31. The van der Waals surface area contributed by atoms with Crippen molar-refractivity contribution in [2.75, 3.05) is 0 Å². The lowest BCUT2D eigenvalue weighted by atomic mass is 10.0. The Bertz CT molecular complexity index is 413. The van der Waals surface area contributed by atoms with Gasteiger partial charge in [0, 0.05) is 23.4 Å². The molecular formula is C12H13ClO3. The lowest BCUT2D eigenvalue weighted by molar-refractivity contribution is -0.137. The van der Waals surface area contributed by atoms with Crippen LogP contribution in [-0.2, 0) is 4.79 Å². The summed E-state index contributed by atoms with van der Waals surface area (Å²) < 4.78 is 0. The van der Waals surface area contributed by atoms with Gasteiger partial charge < -0.3 is 5.11 Å². The van der Waals surface area contributed by atoms with Gasteiger partial charge in [-0.3, -0.25) is 9.59 Å². The average Bonchev–Trinajstić information content (AvgIpc) is 2.21. The predicted molar refractivity (Wildman–Crippen MR) is 62.0 cm³/mol. The van der Waals surface area contributed by atoms with Crippen LogP contribution >= 0.6 is 11.6 Å². The standard InChI is InChI=1S/C12H13ClO3/c1-8-5-6-9(7-10(8)13)11(14)3-2-4-12(15)16/h5-7H,2-4H2,1H3,(H,15,16). The van der Waals surface area contributed by atoms with Gasteiger partial charge >= 0.3 is 5.97 Å². The van der Waals surface area contributed by atoms with Crippen LogP contribution in [0.25, 0.3) is 0 Å². The molecule has 0 saturated heterocycles. The van der Waals surface area contributed by atoms with E-state index < -0.39 is 5.97 Å². The lowest BCUT2D eigenvalue weighted by Crippen LogP contribution is -2.02. The molecule has 0 aromatic heterocycles. The molecule has 1 rings (SSSR count). The Labute approximate surface area is 99.0 Å². The van der Waals surface area contributed by atoms with E-state index in [1.165, 1.54) is 0 Å². The summed E-state index contributed by atoms with van der Waals surface area (Å²) in [6.45, 7) is 1.86. The quantitative estimate of drug-likeness (QED) is 0.805. The van der Waals surface area contributed by atoms with Crippen LogP contribution in [0.4, 0.5) is 0 Å². The van der Waals surface area contributed by atoms with E-state index in [1.54, 1.807) is 18.2 Å². The van der Waals surface area contributed by atoms with Gasteiger partial charge in [-0.15, -0.1) is 0 Å². The number of Topliss-reactive ketones (excluding diaryl/α,β-unsaturated/α-hetero) is 1. The molecule has 16 heavy (non-hydrogen) atoms. The van der Waals surface area contributed by atoms with Gasteiger partial charge in [0.2, 0.25) is 0 Å². The number of halogens is 1. The Morgan fingerprint density at radius 3 is 2.56 bits per heavy atom. The molecular weight excluding hydrogens is 228 g/mol. The first-order valence-electron chi connectivity index (χ1n) is 5.02. The van der Waals surface area contributed by atoms with Crippen molar-refractivity contribution >= 4 is 23.4 Å². The number of carboxylic acids is 1. The zero-order valence-electron chi connectivity index (χ0n) is 9.00. The average molecular weight is 241 g/mol. The molecule has 4 heteroatoms. The van der Waals surface area contributed by atoms with E-state index in [0.29, 0.717) is 17.0 Å². The second kappa shape index (κ2) is 5.66. The van der Waals surface area contributed by atoms with Crippen molar-refractivity contribution in [2.24, 2.45) is 0 Å². The molecule has 0 radical (unpaired) electrons. The summed E-state index contributed by atoms with van der Waals surface area (Å²) in [5, 5.41) is 9.00. The molecule has 0 bridgehead atoms. The van der Waals surface area contributed by atoms with Crippen LogP contribution in [0.5, 0.6) is 0 Å². The van der Waals surface area contributed by atoms with Gasteiger partial charge in [-0.1, -0.05) is 23.7 Å². The van der Waals surface area contributed by atoms with Crippen LogP contribution in [0, 0.1) is 6.92 Å². The summed E-state index contributed by atoms with van der Waals surface area (Å²) in [6.07, 6.45) is 0.622. The minimum absolute atomic E-state index is 0.0192. The molecule has 0 aliphatic rings. The highest BCUT2D eigenvalue weighted by Gasteiger charge is 2.08. The van der Waals surface area contributed by atoms with Gasteiger partial charge in [-0.25, -0.2) is 0 Å². The third-order valence-electron chi connectivity index (χ3n) is 2.29. The van der Waals surface area contributed by atoms with Crippen molar-refractivity contribution in [2.45, 2.75) is 26.2 Å². The Morgan fingerprint density at radius 2 is 2.00 bits per heavy atom. The number of carbonyl (C=O) groups excluding carboxylic acids is 1. The van der Waals surface area contributed by atoms with E-state index in [4.69, 9.17) is 16.7 Å². The van der Waals surface area contributed by atoms with Crippen LogP contribution in [0.15, 0.2) is 18.2 Å². The van der Waals surface area contributed by atoms with E-state index in [1.807, 2.05) is 6.92 Å². The number of rotatable bonds is 5. The van der Waals surface area contributed by atoms with E-state index >= 15 is 0 Å². The first-order valence-corrected chi connectivity index (χ1v) is 5.39. The third kappa shape index (κ3) is 3.66. The summed E-state index contributed by atoms with van der Waals surface area (Å²) in [5.41, 5.74) is 1.46. The van der Waals surface area contributed by atoms with Gasteiger partial charge in [0.15, 0.2) is 5.78 Å². The third-order valence-corrected chi connectivity index (χ3v) is 2.70. The molecule has 0 spiro atoms. The number of ketones is 1. The topological polar surface area (TPSA) is 54.4 Å². The molecule has 86 valence electrons. The summed E-state index contributed by atoms with van der Waals surface area (Å²) in [4.78, 5) is 21.9. The number of carboxylic acid groups (broad SMARTS) is 1. The number of hydrogen-bond donors (Lipinski definition) is 1. The van der Waals surface area contributed by atoms with E-state index in [0.717, 1.165) is 5.56 Å². The highest BCUT2D eigenvalue weighted by Crippen LogP contribution is 2.18. The van der Waals surface area contributed by atoms with E-state index in [-0.39, 0.29) is 18.6 Å². The van der Waals surface area contributed by atoms with E-state index in [9.17, 15) is 9.59 Å². The highest BCUT2D eigenvalue weighted by atomic mass is 35.5. The fourth-order valence-electron chi connectivity index (χ4n) is 1.31. The van der Waals surface area contributed by atoms with Crippen molar-refractivity contribution in [1.82, 2.24) is 0 Å². The molecule has 1 aromatic carbocycles. The normalized spacial score (nSPS) is 10.1. The monoisotopic (exact) mass is 240 g/mol. The van der Waals surface area contributed by atoms with Crippen LogP contribution in [0.1, 0.15) is 35.2 Å². The van der Waals surface area contributed by atoms with Gasteiger partial charge in [0.05, 0.1) is 0 Å². The van der Waals surface area contributed by atoms with Crippen molar-refractivity contribution < 1.29 is 14.7 Å². The largest absolute Gasteiger partial charge is 0.481 e. The van der Waals surface area contributed by atoms with Gasteiger partial charge in [0.1, 0.15) is 0 Å². The zero-order chi connectivity index (χ0) is 12.1. The fraction of sp³-hybridized carbons (Fsp3) is 0.333. The summed E-state index contributed by atoms with van der Waals surface area (Å²) in [7, 11) is 0. The Balaban J connectivity index is 2.59. The maximum atomic E-state index is 11.6. The maximum absolute atomic E-state index is 11.6. The van der Waals surface area contributed by atoms with Crippen LogP contribution < -0.4 is 0 Å². The smallest absolute Gasteiger partial charge is 0.303 e. The summed E-state index contributed by atoms with van der Waals surface area (Å²) in [5.74, 6) is -0.946. The predicted octanol–water partition coefficient (Wildman–Crippen LogP) is 3.09. The molecule has 0 amide bonds. The molecule has 1 aromatic rings. The number of aryl methyl sites for hydroxylation is 1. The lowest BCUT2D eigenvalue weighted by Gasteiger charge is -2.02. The molecule has 0 heterocycles. The number of hydrogen-bond acceptors (Lipinski definition) is 2. The first-order chi connectivity index (χ1) is 7.50. The van der Waals surface area contributed by atoms with Crippen molar-refractivity contribution in [3.8, 4) is 0 Å². The molecule has 1 N–H and O–H groups in total. The van der Waals surface area contributed by atoms with Crippen LogP contribution in [-0.4, -0.2) is 16.9 Å². The first kappa shape index (κ1) is 12.7. The molecule has 0 fully saturated rings. The molecule has 0 atom stereocenters. The van der Waals surface area contributed by atoms with Crippen molar-refractivity contribution in [3.63, 3.8) is 0 Å². The second-order valence-electron chi connectivity index (χ2n) is 3.63. The maximum Gasteiger partial charge on any atom is 0.303 e. The van der Waals surface area contributed by atoms with Crippen LogP contribution in [0.3, 0.4) is 0 Å². The summed E-state index contributed by atoms with van der Waals surface area (Å²) in [6, 6.07) is 5.12. The molecule has 0 aliphatic carbocycles. The Morgan fingerprint density at radius 1 is 1.31 bits per heavy atom. The SMILES string of the molecule is Cc1ccc(C(=O)CCCC(=O)O)cc1Cl. The van der Waals surface area contributed by atoms with Crippen LogP contribution in [0.2, 0.25) is 5.02 Å². The molecule has 0 unspecified atom stereocenters. The number of carbonyl (C=O) groups is 2. The van der Waals surface area contributed by atoms with Crippen molar-refractivity contribution in [1.29, 1.82) is 0 Å². The molecule has 0 saturated carbocycles. The van der Waals surface area contributed by atoms with Gasteiger partial charge in [0.25, 0.3) is 0 Å². The minimum atomic E-state index is -0.880. The van der Waals surface area contributed by atoms with Crippen molar-refractivity contribution in [3.05, 3.63) is 34.3 Å². The molecule has 3 nitrogen and oxygen atoms in total. The zero-order valence-corrected chi connectivity index (χ0v) is 9.75. The minimum Gasteiger partial charge on any atom is -0.481 e.